The van der Waals surface area contributed by atoms with Gasteiger partial charge in [-0.1, -0.05) is 54.1 Å². The van der Waals surface area contributed by atoms with Gasteiger partial charge in [-0.3, -0.25) is 0 Å². The van der Waals surface area contributed by atoms with E-state index in [0.29, 0.717) is 24.5 Å². The van der Waals surface area contributed by atoms with Gasteiger partial charge < -0.3 is 9.64 Å². The molecule has 2 atom stereocenters. The van der Waals surface area contributed by atoms with Crippen molar-refractivity contribution in [3.05, 3.63) is 59.1 Å². The van der Waals surface area contributed by atoms with Crippen LogP contribution in [0.2, 0.25) is 5.02 Å². The number of hydrogen-bond donors (Lipinski definition) is 1. The predicted octanol–water partition coefficient (Wildman–Crippen LogP) is 5.43. The second-order valence-electron chi connectivity index (χ2n) is 9.74. The van der Waals surface area contributed by atoms with Gasteiger partial charge in [0.15, 0.2) is 0 Å². The number of amides is 1. The van der Waals surface area contributed by atoms with Crippen molar-refractivity contribution >= 4 is 27.7 Å². The fourth-order valence-electron chi connectivity index (χ4n) is 3.88. The van der Waals surface area contributed by atoms with Gasteiger partial charge in [0.25, 0.3) is 0 Å². The quantitative estimate of drug-likeness (QED) is 0.604. The molecular weight excluding hydrogens is 460 g/mol. The summed E-state index contributed by atoms with van der Waals surface area (Å²) in [5.74, 6) is -0.208. The van der Waals surface area contributed by atoms with Gasteiger partial charge in [0.05, 0.1) is 5.25 Å². The van der Waals surface area contributed by atoms with Crippen LogP contribution in [0.4, 0.5) is 4.79 Å². The van der Waals surface area contributed by atoms with Crippen molar-refractivity contribution in [3.63, 3.8) is 0 Å². The number of nitrogens with zero attached hydrogens (tertiary/aromatic N) is 1. The second kappa shape index (κ2) is 10.0. The summed E-state index contributed by atoms with van der Waals surface area (Å²) in [6.07, 6.45) is 0.118. The lowest BCUT2D eigenvalue weighted by molar-refractivity contribution is 0.0182. The second-order valence-corrected chi connectivity index (χ2v) is 12.4. The van der Waals surface area contributed by atoms with Gasteiger partial charge in [-0.15, -0.1) is 0 Å². The summed E-state index contributed by atoms with van der Waals surface area (Å²) in [6, 6.07) is 15.3. The Hall–Kier alpha value is -2.09. The number of hydrogen-bond acceptors (Lipinski definition) is 4. The Morgan fingerprint density at radius 1 is 1.12 bits per heavy atom. The number of sulfonamides is 1. The largest absolute Gasteiger partial charge is 0.444 e. The molecule has 1 aliphatic rings. The van der Waals surface area contributed by atoms with Crippen molar-refractivity contribution in [2.24, 2.45) is 0 Å². The molecule has 0 spiro atoms. The van der Waals surface area contributed by atoms with Crippen LogP contribution in [0.15, 0.2) is 48.5 Å². The molecule has 1 N–H and O–H groups in total. The van der Waals surface area contributed by atoms with E-state index in [9.17, 15) is 13.2 Å². The zero-order valence-corrected chi connectivity index (χ0v) is 21.4. The van der Waals surface area contributed by atoms with E-state index >= 15 is 0 Å². The molecule has 0 radical (unpaired) electrons. The predicted molar refractivity (Wildman–Crippen MR) is 133 cm³/mol. The summed E-state index contributed by atoms with van der Waals surface area (Å²) < 4.78 is 33.7. The van der Waals surface area contributed by atoms with Crippen LogP contribution in [0.1, 0.15) is 52.5 Å². The van der Waals surface area contributed by atoms with Crippen LogP contribution in [0.25, 0.3) is 11.1 Å². The Kier molecular flexibility index (Phi) is 7.76. The molecule has 0 aromatic heterocycles. The lowest BCUT2D eigenvalue weighted by Gasteiger charge is -2.39. The zero-order valence-electron chi connectivity index (χ0n) is 19.8. The number of piperidine rings is 1. The van der Waals surface area contributed by atoms with Crippen LogP contribution in [0.3, 0.4) is 0 Å². The van der Waals surface area contributed by atoms with Crippen LogP contribution < -0.4 is 4.72 Å². The summed E-state index contributed by atoms with van der Waals surface area (Å²) >= 11 is 6.34. The molecule has 3 rings (SSSR count). The Morgan fingerprint density at radius 3 is 2.33 bits per heavy atom. The van der Waals surface area contributed by atoms with Crippen molar-refractivity contribution in [3.8, 4) is 11.1 Å². The van der Waals surface area contributed by atoms with E-state index < -0.39 is 20.9 Å². The minimum absolute atomic E-state index is 0.208. The van der Waals surface area contributed by atoms with E-state index in [2.05, 4.69) is 4.72 Å². The molecule has 180 valence electrons. The van der Waals surface area contributed by atoms with Crippen molar-refractivity contribution in [2.75, 3.05) is 13.1 Å². The maximum Gasteiger partial charge on any atom is 0.410 e. The Morgan fingerprint density at radius 2 is 1.76 bits per heavy atom. The molecular formula is C25H33ClN2O4S. The number of ether oxygens (including phenoxy) is 1. The first-order valence-electron chi connectivity index (χ1n) is 11.2. The highest BCUT2D eigenvalue weighted by Gasteiger charge is 2.36. The summed E-state index contributed by atoms with van der Waals surface area (Å²) in [5.41, 5.74) is 2.26. The molecule has 2 aromatic rings. The van der Waals surface area contributed by atoms with Gasteiger partial charge in [0.1, 0.15) is 5.60 Å². The minimum atomic E-state index is -3.46. The molecule has 0 aliphatic carbocycles. The normalized spacial score (nSPS) is 19.5. The number of nitrogens with one attached hydrogen (secondary N) is 1. The molecule has 1 aliphatic heterocycles. The van der Waals surface area contributed by atoms with E-state index in [1.807, 2.05) is 69.3 Å². The topological polar surface area (TPSA) is 75.7 Å². The van der Waals surface area contributed by atoms with E-state index in [1.165, 1.54) is 0 Å². The van der Waals surface area contributed by atoms with Gasteiger partial charge in [-0.05, 0) is 58.2 Å². The lowest BCUT2D eigenvalue weighted by Crippen LogP contribution is -2.53. The number of rotatable bonds is 5. The highest BCUT2D eigenvalue weighted by atomic mass is 35.5. The third-order valence-electron chi connectivity index (χ3n) is 5.72. The lowest BCUT2D eigenvalue weighted by atomic mass is 9.86. The maximum absolute atomic E-state index is 12.7. The molecule has 0 bridgehead atoms. The highest BCUT2D eigenvalue weighted by molar-refractivity contribution is 7.90. The molecule has 1 fully saturated rings. The Bertz CT molecular complexity index is 1080. The zero-order chi connectivity index (χ0) is 24.4. The molecule has 2 unspecified atom stereocenters. The summed E-state index contributed by atoms with van der Waals surface area (Å²) in [6.45, 7) is 9.61. The fraction of sp³-hybridized carbons (Fsp3) is 0.480. The summed E-state index contributed by atoms with van der Waals surface area (Å²) in [7, 11) is -3.46. The van der Waals surface area contributed by atoms with E-state index in [0.717, 1.165) is 16.7 Å². The fourth-order valence-corrected chi connectivity index (χ4v) is 5.10. The third kappa shape index (κ3) is 6.49. The van der Waals surface area contributed by atoms with Crippen LogP contribution in [0.5, 0.6) is 0 Å². The van der Waals surface area contributed by atoms with Crippen LogP contribution in [-0.4, -0.2) is 49.4 Å². The highest BCUT2D eigenvalue weighted by Crippen LogP contribution is 2.33. The van der Waals surface area contributed by atoms with Crippen molar-refractivity contribution in [1.82, 2.24) is 9.62 Å². The van der Waals surface area contributed by atoms with E-state index in [1.54, 1.807) is 18.7 Å². The molecule has 6 nitrogen and oxygen atoms in total. The van der Waals surface area contributed by atoms with E-state index in [4.69, 9.17) is 16.3 Å². The first kappa shape index (κ1) is 25.5. The Balaban J connectivity index is 1.89. The van der Waals surface area contributed by atoms with Gasteiger partial charge in [0, 0.05) is 35.6 Å². The van der Waals surface area contributed by atoms with Gasteiger partial charge >= 0.3 is 6.09 Å². The van der Waals surface area contributed by atoms with Crippen LogP contribution >= 0.6 is 11.6 Å². The monoisotopic (exact) mass is 492 g/mol. The average Bonchev–Trinajstić information content (AvgIpc) is 2.73. The Labute approximate surface area is 202 Å². The number of carbonyl (C=O) groups excluding carboxylic acids is 1. The van der Waals surface area contributed by atoms with Crippen molar-refractivity contribution in [1.29, 1.82) is 0 Å². The maximum atomic E-state index is 12.7. The first-order chi connectivity index (χ1) is 15.4. The third-order valence-corrected chi connectivity index (χ3v) is 7.93. The number of carbonyl (C=O) groups is 1. The molecule has 0 saturated carbocycles. The smallest absolute Gasteiger partial charge is 0.410 e. The molecule has 1 heterocycles. The average molecular weight is 493 g/mol. The van der Waals surface area contributed by atoms with Crippen molar-refractivity contribution in [2.45, 2.75) is 63.9 Å². The SMILES string of the molecule is CC(C)S(=O)(=O)NC1CCN(C(=O)OC(C)(C)C)CC1c1ccc(-c2ccccc2Cl)cc1. The van der Waals surface area contributed by atoms with Gasteiger partial charge in [-0.2, -0.15) is 0 Å². The van der Waals surface area contributed by atoms with Gasteiger partial charge in [-0.25, -0.2) is 17.9 Å². The number of benzene rings is 2. The number of halogens is 1. The molecule has 8 heteroatoms. The van der Waals surface area contributed by atoms with Crippen molar-refractivity contribution < 1.29 is 17.9 Å². The number of likely N-dealkylation sites (tertiary alicyclic amines) is 1. The molecule has 1 saturated heterocycles. The molecule has 33 heavy (non-hydrogen) atoms. The standard InChI is InChI=1S/C25H33ClN2O4S/c1-17(2)33(30,31)27-23-14-15-28(24(29)32-25(3,4)5)16-21(23)19-12-10-18(11-13-19)20-8-6-7-9-22(20)26/h6-13,17,21,23,27H,14-16H2,1-5H3. The van der Waals surface area contributed by atoms with Gasteiger partial charge in [0.2, 0.25) is 10.0 Å². The minimum Gasteiger partial charge on any atom is -0.444 e. The molecule has 1 amide bonds. The van der Waals surface area contributed by atoms with E-state index in [-0.39, 0.29) is 18.1 Å². The summed E-state index contributed by atoms with van der Waals surface area (Å²) in [5, 5.41) is 0.131. The first-order valence-corrected chi connectivity index (χ1v) is 13.1. The summed E-state index contributed by atoms with van der Waals surface area (Å²) in [4.78, 5) is 14.4. The van der Waals surface area contributed by atoms with Crippen LogP contribution in [0, 0.1) is 0 Å². The molecule has 2 aromatic carbocycles. The van der Waals surface area contributed by atoms with Crippen LogP contribution in [-0.2, 0) is 14.8 Å².